The molecule has 17 heavy (non-hydrogen) atoms. The van der Waals surface area contributed by atoms with Crippen LogP contribution in [0, 0.1) is 6.92 Å². The third-order valence-electron chi connectivity index (χ3n) is 3.71. The molecule has 0 radical (unpaired) electrons. The number of aryl methyl sites for hydroxylation is 1. The number of anilines is 1. The quantitative estimate of drug-likeness (QED) is 0.891. The van der Waals surface area contributed by atoms with Gasteiger partial charge in [-0.15, -0.1) is 0 Å². The minimum atomic E-state index is 0.411. The van der Waals surface area contributed by atoms with Crippen LogP contribution in [0.2, 0.25) is 0 Å². The number of nitrogens with zero attached hydrogens (tertiary/aromatic N) is 2. The minimum Gasteiger partial charge on any atom is -0.354 e. The predicted octanol–water partition coefficient (Wildman–Crippen LogP) is 3.22. The third-order valence-corrected chi connectivity index (χ3v) is 5.25. The van der Waals surface area contributed by atoms with Crippen molar-refractivity contribution in [2.45, 2.75) is 50.3 Å². The molecule has 0 spiro atoms. The molecule has 2 aliphatic rings. The molecule has 2 fully saturated rings. The van der Waals surface area contributed by atoms with Crippen molar-refractivity contribution < 1.29 is 0 Å². The lowest BCUT2D eigenvalue weighted by atomic mass is 10.1. The van der Waals surface area contributed by atoms with E-state index in [-0.39, 0.29) is 0 Å². The summed E-state index contributed by atoms with van der Waals surface area (Å²) < 4.78 is 2.74. The average Bonchev–Trinajstić information content (AvgIpc) is 2.95. The fourth-order valence-electron chi connectivity index (χ4n) is 2.52. The van der Waals surface area contributed by atoms with E-state index in [0.29, 0.717) is 10.8 Å². The van der Waals surface area contributed by atoms with Crippen LogP contribution in [0.25, 0.3) is 0 Å². The van der Waals surface area contributed by atoms with Gasteiger partial charge in [0.2, 0.25) is 5.95 Å². The van der Waals surface area contributed by atoms with E-state index < -0.39 is 0 Å². The monoisotopic (exact) mass is 251 g/mol. The number of rotatable bonds is 4. The van der Waals surface area contributed by atoms with Crippen molar-refractivity contribution in [1.82, 2.24) is 9.55 Å². The molecule has 4 heteroatoms. The molecule has 1 aliphatic carbocycles. The Balaban J connectivity index is 1.68. The van der Waals surface area contributed by atoms with Crippen LogP contribution < -0.4 is 5.32 Å². The first kappa shape index (κ1) is 11.5. The first-order valence-electron chi connectivity index (χ1n) is 6.60. The van der Waals surface area contributed by atoms with Crippen molar-refractivity contribution in [3.05, 3.63) is 11.9 Å². The van der Waals surface area contributed by atoms with Crippen LogP contribution in [0.1, 0.15) is 44.3 Å². The lowest BCUT2D eigenvalue weighted by Gasteiger charge is -2.23. The first-order valence-corrected chi connectivity index (χ1v) is 7.58. The summed E-state index contributed by atoms with van der Waals surface area (Å²) in [5.41, 5.74) is 1.13. The van der Waals surface area contributed by atoms with E-state index in [2.05, 4.69) is 46.7 Å². The largest absolute Gasteiger partial charge is 0.354 e. The maximum absolute atomic E-state index is 4.61. The molecule has 0 amide bonds. The van der Waals surface area contributed by atoms with Crippen LogP contribution in [0.4, 0.5) is 5.95 Å². The molecule has 94 valence electrons. The van der Waals surface area contributed by atoms with E-state index >= 15 is 0 Å². The fraction of sp³-hybridized carbons (Fsp3) is 0.769. The molecule has 1 aromatic heterocycles. The fourth-order valence-corrected chi connectivity index (χ4v) is 3.76. The molecule has 2 heterocycles. The zero-order valence-electron chi connectivity index (χ0n) is 10.7. The van der Waals surface area contributed by atoms with Gasteiger partial charge in [0.15, 0.2) is 0 Å². The van der Waals surface area contributed by atoms with Crippen LogP contribution in [0.15, 0.2) is 6.20 Å². The Hall–Kier alpha value is -0.640. The van der Waals surface area contributed by atoms with Gasteiger partial charge in [0, 0.05) is 23.5 Å². The highest BCUT2D eigenvalue weighted by atomic mass is 32.2. The van der Waals surface area contributed by atoms with Gasteiger partial charge >= 0.3 is 0 Å². The lowest BCUT2D eigenvalue weighted by Crippen LogP contribution is -2.28. The molecular weight excluding hydrogens is 230 g/mol. The maximum Gasteiger partial charge on any atom is 0.203 e. The third kappa shape index (κ3) is 2.46. The van der Waals surface area contributed by atoms with Crippen molar-refractivity contribution in [2.24, 2.45) is 0 Å². The highest BCUT2D eigenvalue weighted by molar-refractivity contribution is 8.00. The summed E-state index contributed by atoms with van der Waals surface area (Å²) >= 11 is 2.10. The van der Waals surface area contributed by atoms with Crippen molar-refractivity contribution in [1.29, 1.82) is 0 Å². The zero-order valence-corrected chi connectivity index (χ0v) is 11.5. The van der Waals surface area contributed by atoms with E-state index in [4.69, 9.17) is 0 Å². The Morgan fingerprint density at radius 1 is 1.59 bits per heavy atom. The summed E-state index contributed by atoms with van der Waals surface area (Å²) in [4.78, 5) is 4.61. The second-order valence-electron chi connectivity index (χ2n) is 5.60. The molecule has 3 nitrogen and oxygen atoms in total. The van der Waals surface area contributed by atoms with Crippen molar-refractivity contribution in [2.75, 3.05) is 17.6 Å². The highest BCUT2D eigenvalue weighted by Gasteiger charge is 2.31. The average molecular weight is 251 g/mol. The van der Waals surface area contributed by atoms with E-state index in [0.717, 1.165) is 18.2 Å². The van der Waals surface area contributed by atoms with Gasteiger partial charge < -0.3 is 9.88 Å². The Bertz CT molecular complexity index is 403. The second-order valence-corrected chi connectivity index (χ2v) is 7.28. The normalized spacial score (nSPS) is 28.6. The Kier molecular flexibility index (Phi) is 2.85. The number of aromatic nitrogens is 2. The first-order chi connectivity index (χ1) is 8.16. The van der Waals surface area contributed by atoms with Crippen LogP contribution in [-0.4, -0.2) is 26.6 Å². The van der Waals surface area contributed by atoms with Gasteiger partial charge in [-0.1, -0.05) is 0 Å². The molecule has 1 saturated heterocycles. The Morgan fingerprint density at radius 2 is 2.41 bits per heavy atom. The summed E-state index contributed by atoms with van der Waals surface area (Å²) in [5.74, 6) is 2.40. The standard InChI is InChI=1S/C13H21N3S/c1-10-8-16(11-4-5-11)12(15-10)14-9-13(2)6-3-7-17-13/h8,11H,3-7,9H2,1-2H3,(H,14,15). The van der Waals surface area contributed by atoms with Gasteiger partial charge in [-0.25, -0.2) is 4.98 Å². The van der Waals surface area contributed by atoms with Crippen LogP contribution in [0.5, 0.6) is 0 Å². The summed E-state index contributed by atoms with van der Waals surface area (Å²) in [6.45, 7) is 5.49. The molecular formula is C13H21N3S. The van der Waals surface area contributed by atoms with Crippen molar-refractivity contribution in [3.8, 4) is 0 Å². The van der Waals surface area contributed by atoms with Gasteiger partial charge in [0.25, 0.3) is 0 Å². The Labute approximate surface area is 107 Å². The molecule has 1 aliphatic heterocycles. The molecule has 3 rings (SSSR count). The van der Waals surface area contributed by atoms with Gasteiger partial charge in [0.1, 0.15) is 0 Å². The molecule has 1 atom stereocenters. The molecule has 0 aromatic carbocycles. The molecule has 0 bridgehead atoms. The number of imidazole rings is 1. The number of hydrogen-bond acceptors (Lipinski definition) is 3. The zero-order chi connectivity index (χ0) is 11.9. The van der Waals surface area contributed by atoms with E-state index in [1.165, 1.54) is 31.4 Å². The number of thioether (sulfide) groups is 1. The van der Waals surface area contributed by atoms with Crippen molar-refractivity contribution in [3.63, 3.8) is 0 Å². The lowest BCUT2D eigenvalue weighted by molar-refractivity contribution is 0.627. The summed E-state index contributed by atoms with van der Waals surface area (Å²) in [6.07, 6.45) is 7.50. The van der Waals surface area contributed by atoms with Gasteiger partial charge in [-0.3, -0.25) is 0 Å². The smallest absolute Gasteiger partial charge is 0.203 e. The molecule has 1 saturated carbocycles. The summed E-state index contributed by atoms with van der Waals surface area (Å²) in [5, 5.41) is 3.57. The Morgan fingerprint density at radius 3 is 3.06 bits per heavy atom. The maximum atomic E-state index is 4.61. The molecule has 1 N–H and O–H groups in total. The second kappa shape index (κ2) is 4.23. The number of hydrogen-bond donors (Lipinski definition) is 1. The van der Waals surface area contributed by atoms with Crippen molar-refractivity contribution >= 4 is 17.7 Å². The van der Waals surface area contributed by atoms with Crippen LogP contribution >= 0.6 is 11.8 Å². The topological polar surface area (TPSA) is 29.9 Å². The molecule has 1 unspecified atom stereocenters. The predicted molar refractivity (Wildman–Crippen MR) is 73.8 cm³/mol. The van der Waals surface area contributed by atoms with Gasteiger partial charge in [0.05, 0.1) is 5.69 Å². The summed E-state index contributed by atoms with van der Waals surface area (Å²) in [7, 11) is 0. The van der Waals surface area contributed by atoms with Gasteiger partial charge in [-0.2, -0.15) is 11.8 Å². The summed E-state index contributed by atoms with van der Waals surface area (Å²) in [6, 6.07) is 0.711. The van der Waals surface area contributed by atoms with Gasteiger partial charge in [-0.05, 0) is 45.3 Å². The van der Waals surface area contributed by atoms with Crippen LogP contribution in [-0.2, 0) is 0 Å². The SMILES string of the molecule is Cc1cn(C2CC2)c(NCC2(C)CCCS2)n1. The molecule has 1 aromatic rings. The minimum absolute atomic E-state index is 0.411. The van der Waals surface area contributed by atoms with E-state index in [1.54, 1.807) is 0 Å². The van der Waals surface area contributed by atoms with E-state index in [1.807, 2.05) is 0 Å². The van der Waals surface area contributed by atoms with E-state index in [9.17, 15) is 0 Å². The van der Waals surface area contributed by atoms with Crippen LogP contribution in [0.3, 0.4) is 0 Å². The highest BCUT2D eigenvalue weighted by Crippen LogP contribution is 2.39. The number of nitrogens with one attached hydrogen (secondary N) is 1.